The number of carbonyl (C=O) groups is 1. The highest BCUT2D eigenvalue weighted by molar-refractivity contribution is 5.91. The third-order valence-corrected chi connectivity index (χ3v) is 11.7. The average Bonchev–Trinajstić information content (AvgIpc) is 3.74. The minimum atomic E-state index is -0.267. The van der Waals surface area contributed by atoms with E-state index >= 15 is 0 Å². The first-order chi connectivity index (χ1) is 21.1. The minimum absolute atomic E-state index is 0.134. The van der Waals surface area contributed by atoms with Gasteiger partial charge in [0.05, 0.1) is 16.4 Å². The van der Waals surface area contributed by atoms with Gasteiger partial charge in [-0.05, 0) is 99.9 Å². The number of amides is 1. The fourth-order valence-corrected chi connectivity index (χ4v) is 9.21. The van der Waals surface area contributed by atoms with Gasteiger partial charge in [0.25, 0.3) is 0 Å². The van der Waals surface area contributed by atoms with Crippen molar-refractivity contribution in [2.24, 2.45) is 0 Å². The molecule has 1 saturated carbocycles. The number of imidazole rings is 1. The van der Waals surface area contributed by atoms with E-state index in [0.29, 0.717) is 24.0 Å². The fourth-order valence-electron chi connectivity index (χ4n) is 9.21. The van der Waals surface area contributed by atoms with Crippen molar-refractivity contribution in [1.29, 1.82) is 0 Å². The van der Waals surface area contributed by atoms with Crippen molar-refractivity contribution < 1.29 is 4.79 Å². The van der Waals surface area contributed by atoms with Crippen LogP contribution in [0.3, 0.4) is 0 Å². The smallest absolute Gasteiger partial charge is 0.233 e. The number of carbonyl (C=O) groups excluding carboxylic acids is 1. The third-order valence-electron chi connectivity index (χ3n) is 11.7. The monoisotopic (exact) mass is 572 g/mol. The molecule has 43 heavy (non-hydrogen) atoms. The minimum Gasteiger partial charge on any atom is -0.342 e. The van der Waals surface area contributed by atoms with Crippen LogP contribution < -0.4 is 0 Å². The largest absolute Gasteiger partial charge is 0.342 e. The molecule has 0 unspecified atom stereocenters. The van der Waals surface area contributed by atoms with Crippen LogP contribution in [0.1, 0.15) is 80.8 Å². The molecule has 3 saturated heterocycles. The average molecular weight is 573 g/mol. The highest BCUT2D eigenvalue weighted by atomic mass is 16.2. The Morgan fingerprint density at radius 2 is 1.37 bits per heavy atom. The normalized spacial score (nSPS) is 26.1. The third kappa shape index (κ3) is 4.63. The SMILES string of the molecule is Cc1nc2ccccc2n1[C@H]1C[C@H]2CC[C@@H](C1)N2CCC1(c2ccccc2)CCN(C(=O)C2(c3ccccc3)CC2)CC1. The van der Waals surface area contributed by atoms with Crippen molar-refractivity contribution in [3.05, 3.63) is 102 Å². The highest BCUT2D eigenvalue weighted by Gasteiger charge is 2.54. The molecule has 3 aromatic carbocycles. The van der Waals surface area contributed by atoms with Crippen molar-refractivity contribution in [1.82, 2.24) is 19.4 Å². The lowest BCUT2D eigenvalue weighted by Gasteiger charge is -2.46. The molecule has 1 amide bonds. The van der Waals surface area contributed by atoms with Crippen molar-refractivity contribution in [2.45, 2.75) is 93.7 Å². The molecule has 3 aliphatic heterocycles. The van der Waals surface area contributed by atoms with Gasteiger partial charge in [0.2, 0.25) is 5.91 Å². The van der Waals surface area contributed by atoms with Gasteiger partial charge in [-0.15, -0.1) is 0 Å². The van der Waals surface area contributed by atoms with E-state index in [2.05, 4.69) is 106 Å². The predicted molar refractivity (Wildman–Crippen MR) is 172 cm³/mol. The van der Waals surface area contributed by atoms with Crippen LogP contribution in [0.5, 0.6) is 0 Å². The highest BCUT2D eigenvalue weighted by Crippen LogP contribution is 2.51. The van der Waals surface area contributed by atoms with E-state index in [1.807, 2.05) is 0 Å². The Hall–Kier alpha value is -3.44. The quantitative estimate of drug-likeness (QED) is 0.235. The van der Waals surface area contributed by atoms with Gasteiger partial charge in [-0.2, -0.15) is 0 Å². The number of hydrogen-bond donors (Lipinski definition) is 0. The van der Waals surface area contributed by atoms with Gasteiger partial charge in [-0.3, -0.25) is 9.69 Å². The van der Waals surface area contributed by atoms with E-state index in [9.17, 15) is 4.79 Å². The van der Waals surface area contributed by atoms with Crippen LogP contribution in [0.25, 0.3) is 11.0 Å². The van der Waals surface area contributed by atoms with Crippen molar-refractivity contribution in [2.75, 3.05) is 19.6 Å². The second-order valence-electron chi connectivity index (χ2n) is 13.9. The summed E-state index contributed by atoms with van der Waals surface area (Å²) in [7, 11) is 0. The van der Waals surface area contributed by atoms with Crippen LogP contribution in [0.15, 0.2) is 84.9 Å². The molecule has 4 fully saturated rings. The Labute approximate surface area is 255 Å². The molecule has 4 heterocycles. The van der Waals surface area contributed by atoms with Crippen molar-refractivity contribution >= 4 is 16.9 Å². The molecule has 5 heteroatoms. The van der Waals surface area contributed by atoms with Gasteiger partial charge in [0.15, 0.2) is 0 Å². The number of piperidine rings is 2. The van der Waals surface area contributed by atoms with Crippen LogP contribution in [-0.4, -0.2) is 57.0 Å². The number of aryl methyl sites for hydroxylation is 1. The summed E-state index contributed by atoms with van der Waals surface area (Å²) in [5, 5.41) is 0. The number of fused-ring (bicyclic) bond motifs is 3. The number of likely N-dealkylation sites (tertiary alicyclic amines) is 1. The first-order valence-electron chi connectivity index (χ1n) is 16.7. The molecule has 2 bridgehead atoms. The predicted octanol–water partition coefficient (Wildman–Crippen LogP) is 7.19. The van der Waals surface area contributed by atoms with Crippen LogP contribution >= 0.6 is 0 Å². The Kier molecular flexibility index (Phi) is 6.70. The standard InChI is InChI=1S/C38H44N4O/c1-28-39-34-14-8-9-15-35(34)42(28)33-26-31-16-17-32(27-33)41(31)25-22-37(29-10-4-2-5-11-29)20-23-40(24-21-37)36(43)38(18-19-38)30-12-6-3-7-13-30/h2-15,31-33H,16-27H2,1H3/t31-,32+,33+. The molecular formula is C38H44N4O. The zero-order valence-corrected chi connectivity index (χ0v) is 25.5. The summed E-state index contributed by atoms with van der Waals surface area (Å²) < 4.78 is 2.54. The van der Waals surface area contributed by atoms with Gasteiger partial charge >= 0.3 is 0 Å². The number of aromatic nitrogens is 2. The maximum Gasteiger partial charge on any atom is 0.233 e. The zero-order chi connectivity index (χ0) is 29.0. The number of hydrogen-bond acceptors (Lipinski definition) is 3. The molecule has 0 spiro atoms. The molecule has 4 aromatic rings. The zero-order valence-electron chi connectivity index (χ0n) is 25.5. The second-order valence-corrected chi connectivity index (χ2v) is 13.9. The van der Waals surface area contributed by atoms with E-state index in [-0.39, 0.29) is 10.8 Å². The van der Waals surface area contributed by atoms with E-state index in [1.54, 1.807) is 0 Å². The molecule has 1 aromatic heterocycles. The van der Waals surface area contributed by atoms with Crippen molar-refractivity contribution in [3.8, 4) is 0 Å². The lowest BCUT2D eigenvalue weighted by atomic mass is 9.70. The summed E-state index contributed by atoms with van der Waals surface area (Å²) in [6.45, 7) is 5.07. The van der Waals surface area contributed by atoms with Gasteiger partial charge < -0.3 is 9.47 Å². The topological polar surface area (TPSA) is 41.4 Å². The molecule has 1 aliphatic carbocycles. The maximum atomic E-state index is 13.9. The summed E-state index contributed by atoms with van der Waals surface area (Å²) in [5.74, 6) is 1.52. The van der Waals surface area contributed by atoms with E-state index in [4.69, 9.17) is 4.98 Å². The van der Waals surface area contributed by atoms with E-state index < -0.39 is 0 Å². The molecule has 222 valence electrons. The van der Waals surface area contributed by atoms with Gasteiger partial charge in [0, 0.05) is 31.2 Å². The Morgan fingerprint density at radius 1 is 0.767 bits per heavy atom. The first-order valence-corrected chi connectivity index (χ1v) is 16.7. The van der Waals surface area contributed by atoms with Gasteiger partial charge in [-0.1, -0.05) is 72.8 Å². The molecule has 4 aliphatic rings. The summed E-state index contributed by atoms with van der Waals surface area (Å²) in [4.78, 5) is 23.8. The van der Waals surface area contributed by atoms with Crippen LogP contribution in [0.4, 0.5) is 0 Å². The summed E-state index contributed by atoms with van der Waals surface area (Å²) in [6, 6.07) is 32.2. The first kappa shape index (κ1) is 27.1. The molecule has 0 N–H and O–H groups in total. The second kappa shape index (κ2) is 10.6. The Morgan fingerprint density at radius 3 is 2.02 bits per heavy atom. The fraction of sp³-hybridized carbons (Fsp3) is 0.474. The summed E-state index contributed by atoms with van der Waals surface area (Å²) >= 11 is 0. The van der Waals surface area contributed by atoms with Crippen LogP contribution in [0.2, 0.25) is 0 Å². The number of para-hydroxylation sites is 2. The van der Waals surface area contributed by atoms with Gasteiger partial charge in [0.1, 0.15) is 5.82 Å². The van der Waals surface area contributed by atoms with Crippen molar-refractivity contribution in [3.63, 3.8) is 0 Å². The molecule has 3 atom stereocenters. The van der Waals surface area contributed by atoms with E-state index in [0.717, 1.165) is 56.7 Å². The number of rotatable bonds is 7. The number of benzene rings is 3. The maximum absolute atomic E-state index is 13.9. The Bertz CT molecular complexity index is 1580. The van der Waals surface area contributed by atoms with E-state index in [1.165, 1.54) is 48.7 Å². The van der Waals surface area contributed by atoms with Crippen LogP contribution in [0, 0.1) is 6.92 Å². The molecule has 0 radical (unpaired) electrons. The lowest BCUT2D eigenvalue weighted by Crippen LogP contribution is -2.50. The number of nitrogens with zero attached hydrogens (tertiary/aromatic N) is 4. The Balaban J connectivity index is 0.977. The van der Waals surface area contributed by atoms with Crippen LogP contribution in [-0.2, 0) is 15.6 Å². The van der Waals surface area contributed by atoms with Gasteiger partial charge in [-0.25, -0.2) is 4.98 Å². The molecule has 8 rings (SSSR count). The summed E-state index contributed by atoms with van der Waals surface area (Å²) in [5.41, 5.74) is 4.96. The molecule has 5 nitrogen and oxygen atoms in total. The summed E-state index contributed by atoms with van der Waals surface area (Å²) in [6.07, 6.45) is 10.3. The molecular weight excluding hydrogens is 528 g/mol. The lowest BCUT2D eigenvalue weighted by molar-refractivity contribution is -0.135.